The summed E-state index contributed by atoms with van der Waals surface area (Å²) in [7, 11) is 0. The molecule has 0 bridgehead atoms. The molecule has 3 heterocycles. The van der Waals surface area contributed by atoms with Crippen LogP contribution in [0.2, 0.25) is 0 Å². The minimum Gasteiger partial charge on any atom is -0.368 e. The molecule has 0 aromatic heterocycles. The molecule has 2 unspecified atom stereocenters. The molecule has 0 radical (unpaired) electrons. The largest absolute Gasteiger partial charge is 0.368 e. The second-order valence-electron chi connectivity index (χ2n) is 8.30. The van der Waals surface area contributed by atoms with Gasteiger partial charge in [-0.05, 0) is 50.1 Å². The first-order valence-electron chi connectivity index (χ1n) is 10.6. The highest BCUT2D eigenvalue weighted by Gasteiger charge is 2.42. The number of hydrogen-bond acceptors (Lipinski definition) is 4. The lowest BCUT2D eigenvalue weighted by Gasteiger charge is -2.38. The van der Waals surface area contributed by atoms with E-state index < -0.39 is 0 Å². The normalized spacial score (nSPS) is 29.6. The number of amides is 2. The van der Waals surface area contributed by atoms with Crippen molar-refractivity contribution in [3.63, 3.8) is 0 Å². The first-order valence-corrected chi connectivity index (χ1v) is 10.6. The molecule has 1 aromatic rings. The quantitative estimate of drug-likeness (QED) is 0.808. The van der Waals surface area contributed by atoms with Gasteiger partial charge in [0.15, 0.2) is 0 Å². The Kier molecular flexibility index (Phi) is 7.55. The predicted molar refractivity (Wildman–Crippen MR) is 114 cm³/mol. The van der Waals surface area contributed by atoms with Crippen LogP contribution >= 0.6 is 12.4 Å². The minimum absolute atomic E-state index is 0. The Balaban J connectivity index is 0.00000240. The van der Waals surface area contributed by atoms with Crippen molar-refractivity contribution >= 4 is 24.2 Å². The van der Waals surface area contributed by atoms with Crippen LogP contribution in [0.15, 0.2) is 30.3 Å². The van der Waals surface area contributed by atoms with Gasteiger partial charge in [0.05, 0.1) is 0 Å². The standard InChI is InChI=1S/C22H31N3O3.ClH/c23-13-17-14-24(15-18(17)16-7-2-1-3-8-16)21(26)19-9-4-5-11-25(19)22(27)20-10-6-12-28-20;/h1-3,7-8,17-20H,4-6,9-15,23H2;1H/t17-,18+,19?,20?;/m1./s1. The van der Waals surface area contributed by atoms with E-state index in [1.807, 2.05) is 23.1 Å². The average Bonchev–Trinajstić information content (AvgIpc) is 3.43. The van der Waals surface area contributed by atoms with Crippen LogP contribution in [0.3, 0.4) is 0 Å². The van der Waals surface area contributed by atoms with Gasteiger partial charge < -0.3 is 20.3 Å². The molecule has 2 N–H and O–H groups in total. The smallest absolute Gasteiger partial charge is 0.252 e. The summed E-state index contributed by atoms with van der Waals surface area (Å²) in [4.78, 5) is 30.1. The van der Waals surface area contributed by atoms with Crippen LogP contribution in [0.4, 0.5) is 0 Å². The molecule has 0 aliphatic carbocycles. The zero-order valence-electron chi connectivity index (χ0n) is 16.9. The number of carbonyl (C=O) groups is 2. The second kappa shape index (κ2) is 9.92. The highest BCUT2D eigenvalue weighted by atomic mass is 35.5. The van der Waals surface area contributed by atoms with Crippen molar-refractivity contribution in [1.82, 2.24) is 9.80 Å². The summed E-state index contributed by atoms with van der Waals surface area (Å²) in [5.74, 6) is 0.617. The molecule has 2 amide bonds. The Hall–Kier alpha value is -1.63. The van der Waals surface area contributed by atoms with Crippen molar-refractivity contribution in [2.24, 2.45) is 11.7 Å². The van der Waals surface area contributed by atoms with Gasteiger partial charge in [-0.25, -0.2) is 0 Å². The zero-order valence-corrected chi connectivity index (χ0v) is 17.7. The third-order valence-electron chi connectivity index (χ3n) is 6.56. The molecule has 3 aliphatic rings. The van der Waals surface area contributed by atoms with E-state index in [1.54, 1.807) is 4.90 Å². The highest BCUT2D eigenvalue weighted by molar-refractivity contribution is 5.90. The first kappa shape index (κ1) is 22.1. The fraction of sp³-hybridized carbons (Fsp3) is 0.636. The minimum atomic E-state index is -0.360. The maximum Gasteiger partial charge on any atom is 0.252 e. The van der Waals surface area contributed by atoms with Crippen LogP contribution in [0, 0.1) is 5.92 Å². The third kappa shape index (κ3) is 4.60. The summed E-state index contributed by atoms with van der Waals surface area (Å²) < 4.78 is 5.60. The second-order valence-corrected chi connectivity index (χ2v) is 8.30. The van der Waals surface area contributed by atoms with Crippen molar-refractivity contribution in [3.05, 3.63) is 35.9 Å². The first-order chi connectivity index (χ1) is 13.7. The number of likely N-dealkylation sites (tertiary alicyclic amines) is 2. The van der Waals surface area contributed by atoms with Crippen molar-refractivity contribution in [1.29, 1.82) is 0 Å². The molecule has 29 heavy (non-hydrogen) atoms. The number of hydrogen-bond donors (Lipinski definition) is 1. The number of rotatable bonds is 4. The molecule has 0 saturated carbocycles. The number of carbonyl (C=O) groups excluding carboxylic acids is 2. The Morgan fingerprint density at radius 1 is 1.03 bits per heavy atom. The molecule has 6 nitrogen and oxygen atoms in total. The fourth-order valence-corrected chi connectivity index (χ4v) is 4.99. The molecule has 4 rings (SSSR count). The SMILES string of the molecule is Cl.NC[C@@H]1CN(C(=O)C2CCCCN2C(=O)C2CCCO2)C[C@H]1c1ccccc1. The summed E-state index contributed by atoms with van der Waals surface area (Å²) in [6.45, 7) is 3.22. The number of halogens is 1. The molecule has 4 atom stereocenters. The summed E-state index contributed by atoms with van der Waals surface area (Å²) in [6.07, 6.45) is 4.03. The van der Waals surface area contributed by atoms with Crippen LogP contribution in [0.1, 0.15) is 43.6 Å². The summed E-state index contributed by atoms with van der Waals surface area (Å²) in [6, 6.07) is 9.98. The number of piperidine rings is 1. The van der Waals surface area contributed by atoms with Gasteiger partial charge in [-0.3, -0.25) is 9.59 Å². The number of nitrogens with two attached hydrogens (primary N) is 1. The molecule has 3 saturated heterocycles. The van der Waals surface area contributed by atoms with E-state index in [0.29, 0.717) is 32.8 Å². The predicted octanol–water partition coefficient (Wildman–Crippen LogP) is 2.17. The highest BCUT2D eigenvalue weighted by Crippen LogP contribution is 2.33. The average molecular weight is 422 g/mol. The van der Waals surface area contributed by atoms with Gasteiger partial charge in [-0.2, -0.15) is 0 Å². The molecule has 3 fully saturated rings. The van der Waals surface area contributed by atoms with Gasteiger partial charge in [-0.15, -0.1) is 12.4 Å². The van der Waals surface area contributed by atoms with E-state index in [-0.39, 0.29) is 48.2 Å². The van der Waals surface area contributed by atoms with Gasteiger partial charge in [0.2, 0.25) is 5.91 Å². The fourth-order valence-electron chi connectivity index (χ4n) is 4.99. The molecule has 0 spiro atoms. The number of benzene rings is 1. The maximum absolute atomic E-state index is 13.4. The van der Waals surface area contributed by atoms with Gasteiger partial charge in [-0.1, -0.05) is 30.3 Å². The lowest BCUT2D eigenvalue weighted by Crippen LogP contribution is -2.55. The van der Waals surface area contributed by atoms with Crippen molar-refractivity contribution in [2.45, 2.75) is 50.2 Å². The van der Waals surface area contributed by atoms with Crippen LogP contribution in [0.5, 0.6) is 0 Å². The molecule has 160 valence electrons. The topological polar surface area (TPSA) is 75.9 Å². The van der Waals surface area contributed by atoms with Crippen LogP contribution in [0.25, 0.3) is 0 Å². The van der Waals surface area contributed by atoms with E-state index in [4.69, 9.17) is 10.5 Å². The Labute approximate surface area is 179 Å². The van der Waals surface area contributed by atoms with Gasteiger partial charge in [0, 0.05) is 32.2 Å². The van der Waals surface area contributed by atoms with Crippen molar-refractivity contribution in [3.8, 4) is 0 Å². The number of ether oxygens (including phenoxy) is 1. The Morgan fingerprint density at radius 2 is 1.83 bits per heavy atom. The Morgan fingerprint density at radius 3 is 2.52 bits per heavy atom. The molecular weight excluding hydrogens is 390 g/mol. The van der Waals surface area contributed by atoms with Gasteiger partial charge >= 0.3 is 0 Å². The Bertz CT molecular complexity index is 696. The van der Waals surface area contributed by atoms with Crippen molar-refractivity contribution in [2.75, 3.05) is 32.8 Å². The lowest BCUT2D eigenvalue weighted by atomic mass is 9.89. The van der Waals surface area contributed by atoms with E-state index in [0.717, 1.165) is 32.1 Å². The van der Waals surface area contributed by atoms with Gasteiger partial charge in [0.1, 0.15) is 12.1 Å². The number of nitrogens with zero attached hydrogens (tertiary/aromatic N) is 2. The van der Waals surface area contributed by atoms with E-state index in [2.05, 4.69) is 12.1 Å². The molecular formula is C22H32ClN3O3. The van der Waals surface area contributed by atoms with Crippen LogP contribution in [-0.2, 0) is 14.3 Å². The monoisotopic (exact) mass is 421 g/mol. The summed E-state index contributed by atoms with van der Waals surface area (Å²) >= 11 is 0. The molecule has 1 aromatic carbocycles. The summed E-state index contributed by atoms with van der Waals surface area (Å²) in [5, 5.41) is 0. The van der Waals surface area contributed by atoms with Gasteiger partial charge in [0.25, 0.3) is 5.91 Å². The molecule has 7 heteroatoms. The lowest BCUT2D eigenvalue weighted by molar-refractivity contribution is -0.152. The van der Waals surface area contributed by atoms with Crippen LogP contribution in [-0.4, -0.2) is 66.5 Å². The molecule has 3 aliphatic heterocycles. The van der Waals surface area contributed by atoms with E-state index >= 15 is 0 Å². The summed E-state index contributed by atoms with van der Waals surface area (Å²) in [5.41, 5.74) is 7.28. The maximum atomic E-state index is 13.4. The van der Waals surface area contributed by atoms with Crippen molar-refractivity contribution < 1.29 is 14.3 Å². The van der Waals surface area contributed by atoms with E-state index in [9.17, 15) is 9.59 Å². The van der Waals surface area contributed by atoms with E-state index in [1.165, 1.54) is 5.56 Å². The third-order valence-corrected chi connectivity index (χ3v) is 6.56. The zero-order chi connectivity index (χ0) is 19.5. The van der Waals surface area contributed by atoms with Crippen LogP contribution < -0.4 is 5.73 Å².